The Morgan fingerprint density at radius 2 is 1.88 bits per heavy atom. The predicted molar refractivity (Wildman–Crippen MR) is 70.4 cm³/mol. The summed E-state index contributed by atoms with van der Waals surface area (Å²) in [6, 6.07) is 15.8. The van der Waals surface area contributed by atoms with E-state index in [0.717, 1.165) is 32.6 Å². The number of hydrogen-bond acceptors (Lipinski definition) is 3. The summed E-state index contributed by atoms with van der Waals surface area (Å²) in [7, 11) is 0. The van der Waals surface area contributed by atoms with Crippen LogP contribution in [-0.2, 0) is 0 Å². The molecule has 17 heavy (non-hydrogen) atoms. The fourth-order valence-electron chi connectivity index (χ4n) is 1.76. The third-order valence-electron chi connectivity index (χ3n) is 2.59. The first-order chi connectivity index (χ1) is 8.36. The van der Waals surface area contributed by atoms with Gasteiger partial charge in [-0.05, 0) is 24.3 Å². The van der Waals surface area contributed by atoms with E-state index < -0.39 is 0 Å². The van der Waals surface area contributed by atoms with E-state index in [1.54, 1.807) is 0 Å². The molecule has 2 heterocycles. The number of fused-ring (bicyclic) bond motifs is 1. The highest BCUT2D eigenvalue weighted by molar-refractivity contribution is 7.17. The largest absolute Gasteiger partial charge is 0.297 e. The molecule has 0 aliphatic carbocycles. The second-order valence-electron chi connectivity index (χ2n) is 3.71. The molecule has 2 aromatic heterocycles. The van der Waals surface area contributed by atoms with E-state index in [1.807, 2.05) is 42.5 Å². The maximum absolute atomic E-state index is 10.7. The first-order valence-corrected chi connectivity index (χ1v) is 6.10. The van der Waals surface area contributed by atoms with E-state index in [4.69, 9.17) is 0 Å². The van der Waals surface area contributed by atoms with Crippen molar-refractivity contribution in [2.24, 2.45) is 0 Å². The van der Waals surface area contributed by atoms with E-state index >= 15 is 0 Å². The fraction of sp³-hybridized carbons (Fsp3) is 0. The summed E-state index contributed by atoms with van der Waals surface area (Å²) in [5, 5.41) is 1.13. The molecular formula is C14H9NOS. The lowest BCUT2D eigenvalue weighted by Crippen LogP contribution is -1.81. The number of thiophene rings is 1. The van der Waals surface area contributed by atoms with Gasteiger partial charge in [0.15, 0.2) is 6.29 Å². The van der Waals surface area contributed by atoms with Crippen LogP contribution in [-0.4, -0.2) is 11.3 Å². The van der Waals surface area contributed by atoms with Crippen LogP contribution in [0.2, 0.25) is 0 Å². The molecule has 0 bridgehead atoms. The van der Waals surface area contributed by atoms with Crippen molar-refractivity contribution in [1.29, 1.82) is 0 Å². The molecule has 3 rings (SSSR count). The molecule has 0 spiro atoms. The van der Waals surface area contributed by atoms with Gasteiger partial charge in [-0.15, -0.1) is 11.3 Å². The third-order valence-corrected chi connectivity index (χ3v) is 3.63. The number of aromatic nitrogens is 1. The highest BCUT2D eigenvalue weighted by atomic mass is 32.1. The van der Waals surface area contributed by atoms with Gasteiger partial charge in [-0.3, -0.25) is 4.79 Å². The molecule has 2 nitrogen and oxygen atoms in total. The highest BCUT2D eigenvalue weighted by Gasteiger charge is 2.04. The van der Waals surface area contributed by atoms with Gasteiger partial charge in [0.2, 0.25) is 0 Å². The van der Waals surface area contributed by atoms with E-state index in [0.29, 0.717) is 0 Å². The van der Waals surface area contributed by atoms with Crippen molar-refractivity contribution in [3.63, 3.8) is 0 Å². The van der Waals surface area contributed by atoms with Gasteiger partial charge in [0.05, 0.1) is 21.0 Å². The molecular weight excluding hydrogens is 230 g/mol. The molecule has 0 saturated carbocycles. The molecule has 1 aromatic carbocycles. The summed E-state index contributed by atoms with van der Waals surface area (Å²) in [6.45, 7) is 0. The van der Waals surface area contributed by atoms with Crippen LogP contribution in [0.25, 0.3) is 21.5 Å². The number of carbonyl (C=O) groups is 1. The summed E-state index contributed by atoms with van der Waals surface area (Å²) < 4.78 is 0. The Hall–Kier alpha value is -2.00. The maximum atomic E-state index is 10.7. The molecule has 3 aromatic rings. The number of aldehydes is 1. The zero-order valence-electron chi connectivity index (χ0n) is 8.96. The van der Waals surface area contributed by atoms with Crippen LogP contribution < -0.4 is 0 Å². The zero-order valence-corrected chi connectivity index (χ0v) is 9.78. The predicted octanol–water partition coefficient (Wildman–Crippen LogP) is 3.78. The molecule has 0 fully saturated rings. The van der Waals surface area contributed by atoms with Crippen LogP contribution in [0.1, 0.15) is 9.67 Å². The molecule has 3 heteroatoms. The van der Waals surface area contributed by atoms with Crippen LogP contribution in [0, 0.1) is 0 Å². The monoisotopic (exact) mass is 239 g/mol. The van der Waals surface area contributed by atoms with Crippen LogP contribution in [0.3, 0.4) is 0 Å². The average Bonchev–Trinajstić information content (AvgIpc) is 2.87. The van der Waals surface area contributed by atoms with Crippen molar-refractivity contribution in [1.82, 2.24) is 4.98 Å². The molecule has 0 aliphatic rings. The molecule has 82 valence electrons. The Labute approximate surface area is 103 Å². The third kappa shape index (κ3) is 1.85. The molecule has 0 aliphatic heterocycles. The number of carbonyl (C=O) groups excluding carboxylic acids is 1. The van der Waals surface area contributed by atoms with Gasteiger partial charge in [0.25, 0.3) is 0 Å². The number of benzene rings is 1. The summed E-state index contributed by atoms with van der Waals surface area (Å²) in [5.41, 5.74) is 1.90. The van der Waals surface area contributed by atoms with E-state index in [2.05, 4.69) is 11.1 Å². The van der Waals surface area contributed by atoms with Gasteiger partial charge < -0.3 is 0 Å². The number of nitrogens with zero attached hydrogens (tertiary/aromatic N) is 1. The number of para-hydroxylation sites is 1. The van der Waals surface area contributed by atoms with E-state index in [-0.39, 0.29) is 0 Å². The van der Waals surface area contributed by atoms with Gasteiger partial charge in [-0.25, -0.2) is 4.98 Å². The molecule has 0 atom stereocenters. The van der Waals surface area contributed by atoms with Crippen LogP contribution in [0.4, 0.5) is 0 Å². The molecule has 0 radical (unpaired) electrons. The van der Waals surface area contributed by atoms with Crippen molar-refractivity contribution < 1.29 is 4.79 Å². The normalized spacial score (nSPS) is 10.6. The van der Waals surface area contributed by atoms with Gasteiger partial charge in [-0.1, -0.05) is 24.3 Å². The minimum Gasteiger partial charge on any atom is -0.297 e. The van der Waals surface area contributed by atoms with E-state index in [9.17, 15) is 4.79 Å². The second-order valence-corrected chi connectivity index (χ2v) is 4.82. The SMILES string of the molecule is O=Cc1ccc(-c2ccc3ccccc3n2)s1. The van der Waals surface area contributed by atoms with Crippen molar-refractivity contribution in [2.75, 3.05) is 0 Å². The molecule has 0 saturated heterocycles. The van der Waals surface area contributed by atoms with Gasteiger partial charge in [0.1, 0.15) is 0 Å². The smallest absolute Gasteiger partial charge is 0.160 e. The molecule has 0 amide bonds. The standard InChI is InChI=1S/C14H9NOS/c16-9-11-6-8-14(17-11)13-7-5-10-3-1-2-4-12(10)15-13/h1-9H. The Morgan fingerprint density at radius 3 is 2.71 bits per heavy atom. The lowest BCUT2D eigenvalue weighted by molar-refractivity contribution is 0.112. The van der Waals surface area contributed by atoms with E-state index in [1.165, 1.54) is 11.3 Å². The Kier molecular flexibility index (Phi) is 2.46. The number of rotatable bonds is 2. The minimum atomic E-state index is 0.731. The Bertz CT molecular complexity index is 687. The Balaban J connectivity index is 2.14. The van der Waals surface area contributed by atoms with Crippen molar-refractivity contribution in [2.45, 2.75) is 0 Å². The summed E-state index contributed by atoms with van der Waals surface area (Å²) >= 11 is 1.46. The summed E-state index contributed by atoms with van der Waals surface area (Å²) in [4.78, 5) is 17.0. The number of hydrogen-bond donors (Lipinski definition) is 0. The highest BCUT2D eigenvalue weighted by Crippen LogP contribution is 2.27. The minimum absolute atomic E-state index is 0.731. The summed E-state index contributed by atoms with van der Waals surface area (Å²) in [5.74, 6) is 0. The molecule has 0 N–H and O–H groups in total. The first-order valence-electron chi connectivity index (χ1n) is 5.28. The van der Waals surface area contributed by atoms with Gasteiger partial charge >= 0.3 is 0 Å². The van der Waals surface area contributed by atoms with Crippen LogP contribution in [0.15, 0.2) is 48.5 Å². The average molecular weight is 239 g/mol. The maximum Gasteiger partial charge on any atom is 0.160 e. The zero-order chi connectivity index (χ0) is 11.7. The quantitative estimate of drug-likeness (QED) is 0.637. The van der Waals surface area contributed by atoms with Crippen molar-refractivity contribution in [3.8, 4) is 10.6 Å². The fourth-order valence-corrected chi connectivity index (χ4v) is 2.55. The Morgan fingerprint density at radius 1 is 1.00 bits per heavy atom. The number of pyridine rings is 1. The van der Waals surface area contributed by atoms with Crippen LogP contribution >= 0.6 is 11.3 Å². The van der Waals surface area contributed by atoms with Crippen molar-refractivity contribution in [3.05, 3.63) is 53.4 Å². The first kappa shape index (κ1) is 10.2. The van der Waals surface area contributed by atoms with Crippen LogP contribution in [0.5, 0.6) is 0 Å². The lowest BCUT2D eigenvalue weighted by Gasteiger charge is -1.99. The second kappa shape index (κ2) is 4.11. The van der Waals surface area contributed by atoms with Crippen molar-refractivity contribution >= 4 is 28.5 Å². The molecule has 0 unspecified atom stereocenters. The summed E-state index contributed by atoms with van der Waals surface area (Å²) in [6.07, 6.45) is 0.870. The topological polar surface area (TPSA) is 30.0 Å². The van der Waals surface area contributed by atoms with Gasteiger partial charge in [-0.2, -0.15) is 0 Å². The van der Waals surface area contributed by atoms with Gasteiger partial charge in [0, 0.05) is 5.39 Å². The lowest BCUT2D eigenvalue weighted by atomic mass is 10.2.